The van der Waals surface area contributed by atoms with Crippen molar-refractivity contribution in [1.82, 2.24) is 0 Å². The predicted molar refractivity (Wildman–Crippen MR) is 54.9 cm³/mol. The highest BCUT2D eigenvalue weighted by Gasteiger charge is 2.11. The SMILES string of the molecule is COc1cccc(OC)c1C[C@H](C)O. The van der Waals surface area contributed by atoms with Gasteiger partial charge in [0.2, 0.25) is 0 Å². The van der Waals surface area contributed by atoms with E-state index in [0.29, 0.717) is 6.42 Å². The Morgan fingerprint density at radius 1 is 1.21 bits per heavy atom. The summed E-state index contributed by atoms with van der Waals surface area (Å²) in [4.78, 5) is 0. The minimum Gasteiger partial charge on any atom is -0.496 e. The molecule has 0 aliphatic heterocycles. The van der Waals surface area contributed by atoms with Gasteiger partial charge in [0, 0.05) is 12.0 Å². The van der Waals surface area contributed by atoms with E-state index in [9.17, 15) is 5.11 Å². The van der Waals surface area contributed by atoms with E-state index < -0.39 is 6.10 Å². The van der Waals surface area contributed by atoms with E-state index in [4.69, 9.17) is 9.47 Å². The van der Waals surface area contributed by atoms with Gasteiger partial charge in [0.05, 0.1) is 20.3 Å². The fourth-order valence-electron chi connectivity index (χ4n) is 1.42. The van der Waals surface area contributed by atoms with Crippen LogP contribution in [0.3, 0.4) is 0 Å². The van der Waals surface area contributed by atoms with Crippen molar-refractivity contribution in [3.63, 3.8) is 0 Å². The maximum atomic E-state index is 9.33. The molecule has 78 valence electrons. The number of hydrogen-bond acceptors (Lipinski definition) is 3. The number of aliphatic hydroxyl groups is 1. The molecule has 1 N–H and O–H groups in total. The quantitative estimate of drug-likeness (QED) is 0.795. The molecule has 1 rings (SSSR count). The Labute approximate surface area is 84.3 Å². The zero-order valence-corrected chi connectivity index (χ0v) is 8.78. The summed E-state index contributed by atoms with van der Waals surface area (Å²) in [7, 11) is 3.22. The summed E-state index contributed by atoms with van der Waals surface area (Å²) < 4.78 is 10.4. The first-order valence-electron chi connectivity index (χ1n) is 4.57. The van der Waals surface area contributed by atoms with E-state index in [1.165, 1.54) is 0 Å². The summed E-state index contributed by atoms with van der Waals surface area (Å²) in [6.45, 7) is 1.74. The van der Waals surface area contributed by atoms with Crippen LogP contribution < -0.4 is 9.47 Å². The maximum Gasteiger partial charge on any atom is 0.125 e. The molecule has 3 heteroatoms. The zero-order chi connectivity index (χ0) is 10.6. The average Bonchev–Trinajstić information content (AvgIpc) is 2.17. The van der Waals surface area contributed by atoms with Crippen LogP contribution in [0.1, 0.15) is 12.5 Å². The summed E-state index contributed by atoms with van der Waals surface area (Å²) in [6, 6.07) is 5.59. The molecule has 0 aliphatic rings. The van der Waals surface area contributed by atoms with Crippen LogP contribution in [-0.4, -0.2) is 25.4 Å². The van der Waals surface area contributed by atoms with Gasteiger partial charge < -0.3 is 14.6 Å². The molecule has 0 aromatic heterocycles. The lowest BCUT2D eigenvalue weighted by Crippen LogP contribution is -2.07. The standard InChI is InChI=1S/C11H16O3/c1-8(12)7-9-10(13-2)5-4-6-11(9)14-3/h4-6,8,12H,7H2,1-3H3/t8-/m0/s1. The van der Waals surface area contributed by atoms with Crippen molar-refractivity contribution in [2.45, 2.75) is 19.4 Å². The number of hydrogen-bond donors (Lipinski definition) is 1. The Bertz CT molecular complexity index is 272. The number of ether oxygens (including phenoxy) is 2. The van der Waals surface area contributed by atoms with Gasteiger partial charge in [-0.15, -0.1) is 0 Å². The van der Waals surface area contributed by atoms with Gasteiger partial charge in [-0.05, 0) is 19.1 Å². The first kappa shape index (κ1) is 10.9. The summed E-state index contributed by atoms with van der Waals surface area (Å²) in [5.41, 5.74) is 0.910. The molecule has 3 nitrogen and oxygen atoms in total. The molecule has 0 heterocycles. The second-order valence-electron chi connectivity index (χ2n) is 3.19. The summed E-state index contributed by atoms with van der Waals surface area (Å²) in [5, 5.41) is 9.33. The van der Waals surface area contributed by atoms with Gasteiger partial charge in [-0.2, -0.15) is 0 Å². The van der Waals surface area contributed by atoms with E-state index in [1.807, 2.05) is 18.2 Å². The minimum absolute atomic E-state index is 0.403. The summed E-state index contributed by atoms with van der Waals surface area (Å²) in [6.07, 6.45) is 0.132. The third kappa shape index (κ3) is 2.39. The van der Waals surface area contributed by atoms with Crippen LogP contribution >= 0.6 is 0 Å². The molecule has 0 radical (unpaired) electrons. The smallest absolute Gasteiger partial charge is 0.125 e. The molecule has 0 fully saturated rings. The summed E-state index contributed by atoms with van der Waals surface area (Å²) >= 11 is 0. The highest BCUT2D eigenvalue weighted by Crippen LogP contribution is 2.29. The summed E-state index contributed by atoms with van der Waals surface area (Å²) in [5.74, 6) is 1.51. The number of aliphatic hydroxyl groups excluding tert-OH is 1. The molecular weight excluding hydrogens is 180 g/mol. The van der Waals surface area contributed by atoms with Crippen LogP contribution in [0.4, 0.5) is 0 Å². The van der Waals surface area contributed by atoms with Crippen LogP contribution in [0, 0.1) is 0 Å². The van der Waals surface area contributed by atoms with Gasteiger partial charge in [-0.1, -0.05) is 6.07 Å². The molecule has 0 aliphatic carbocycles. The normalized spacial score (nSPS) is 12.3. The Morgan fingerprint density at radius 3 is 2.07 bits per heavy atom. The van der Waals surface area contributed by atoms with Crippen molar-refractivity contribution in [3.8, 4) is 11.5 Å². The van der Waals surface area contributed by atoms with Crippen molar-refractivity contribution in [2.75, 3.05) is 14.2 Å². The van der Waals surface area contributed by atoms with Gasteiger partial charge in [0.25, 0.3) is 0 Å². The molecule has 0 amide bonds. The highest BCUT2D eigenvalue weighted by atomic mass is 16.5. The van der Waals surface area contributed by atoms with Gasteiger partial charge in [-0.25, -0.2) is 0 Å². The molecule has 1 atom stereocenters. The van der Waals surface area contributed by atoms with Crippen LogP contribution in [0.15, 0.2) is 18.2 Å². The molecule has 0 saturated heterocycles. The average molecular weight is 196 g/mol. The van der Waals surface area contributed by atoms with E-state index in [2.05, 4.69) is 0 Å². The molecule has 0 bridgehead atoms. The van der Waals surface area contributed by atoms with Crippen LogP contribution in [0.2, 0.25) is 0 Å². The van der Waals surface area contributed by atoms with Crippen LogP contribution in [0.5, 0.6) is 11.5 Å². The second-order valence-corrected chi connectivity index (χ2v) is 3.19. The fraction of sp³-hybridized carbons (Fsp3) is 0.455. The Hall–Kier alpha value is -1.22. The van der Waals surface area contributed by atoms with Crippen molar-refractivity contribution < 1.29 is 14.6 Å². The van der Waals surface area contributed by atoms with Gasteiger partial charge in [0.15, 0.2) is 0 Å². The first-order valence-corrected chi connectivity index (χ1v) is 4.57. The Morgan fingerprint density at radius 2 is 1.71 bits per heavy atom. The van der Waals surface area contributed by atoms with Gasteiger partial charge in [-0.3, -0.25) is 0 Å². The lowest BCUT2D eigenvalue weighted by molar-refractivity contribution is 0.192. The topological polar surface area (TPSA) is 38.7 Å². The maximum absolute atomic E-state index is 9.33. The van der Waals surface area contributed by atoms with Gasteiger partial charge >= 0.3 is 0 Å². The molecule has 0 saturated carbocycles. The lowest BCUT2D eigenvalue weighted by atomic mass is 10.1. The molecule has 14 heavy (non-hydrogen) atoms. The zero-order valence-electron chi connectivity index (χ0n) is 8.78. The second kappa shape index (κ2) is 4.86. The highest BCUT2D eigenvalue weighted by molar-refractivity contribution is 5.45. The van der Waals surface area contributed by atoms with Crippen LogP contribution in [0.25, 0.3) is 0 Å². The van der Waals surface area contributed by atoms with E-state index >= 15 is 0 Å². The number of rotatable bonds is 4. The van der Waals surface area contributed by atoms with E-state index in [1.54, 1.807) is 21.1 Å². The fourth-order valence-corrected chi connectivity index (χ4v) is 1.42. The van der Waals surface area contributed by atoms with E-state index in [0.717, 1.165) is 17.1 Å². The van der Waals surface area contributed by atoms with Crippen LogP contribution in [-0.2, 0) is 6.42 Å². The molecule has 1 aromatic rings. The van der Waals surface area contributed by atoms with Crippen molar-refractivity contribution in [3.05, 3.63) is 23.8 Å². The third-order valence-corrected chi connectivity index (χ3v) is 2.03. The van der Waals surface area contributed by atoms with Crippen molar-refractivity contribution >= 4 is 0 Å². The number of methoxy groups -OCH3 is 2. The Kier molecular flexibility index (Phi) is 3.77. The number of benzene rings is 1. The van der Waals surface area contributed by atoms with Gasteiger partial charge in [0.1, 0.15) is 11.5 Å². The third-order valence-electron chi connectivity index (χ3n) is 2.03. The predicted octanol–water partition coefficient (Wildman–Crippen LogP) is 1.63. The molecule has 1 aromatic carbocycles. The largest absolute Gasteiger partial charge is 0.496 e. The molecular formula is C11H16O3. The van der Waals surface area contributed by atoms with Crippen molar-refractivity contribution in [2.24, 2.45) is 0 Å². The Balaban J connectivity index is 3.05. The first-order chi connectivity index (χ1) is 6.69. The monoisotopic (exact) mass is 196 g/mol. The van der Waals surface area contributed by atoms with E-state index in [-0.39, 0.29) is 0 Å². The van der Waals surface area contributed by atoms with Crippen molar-refractivity contribution in [1.29, 1.82) is 0 Å². The molecule has 0 unspecified atom stereocenters. The minimum atomic E-state index is -0.403. The lowest BCUT2D eigenvalue weighted by Gasteiger charge is -2.13. The molecule has 0 spiro atoms.